The zero-order valence-corrected chi connectivity index (χ0v) is 12.9. The monoisotopic (exact) mass is 330 g/mol. The Morgan fingerprint density at radius 3 is 2.74 bits per heavy atom. The molecule has 2 rings (SSSR count). The molecule has 1 aliphatic heterocycles. The molecule has 1 saturated heterocycles. The van der Waals surface area contributed by atoms with Gasteiger partial charge in [-0.3, -0.25) is 0 Å². The number of aliphatic hydroxyl groups is 3. The van der Waals surface area contributed by atoms with E-state index in [0.717, 1.165) is 6.42 Å². The van der Waals surface area contributed by atoms with Crippen LogP contribution in [0.15, 0.2) is 16.5 Å². The molecule has 0 radical (unpaired) electrons. The van der Waals surface area contributed by atoms with Crippen molar-refractivity contribution >= 4 is 5.97 Å². The van der Waals surface area contributed by atoms with Gasteiger partial charge in [0.1, 0.15) is 24.6 Å². The third-order valence-electron chi connectivity index (χ3n) is 3.53. The van der Waals surface area contributed by atoms with Crippen molar-refractivity contribution < 1.29 is 38.7 Å². The first-order valence-corrected chi connectivity index (χ1v) is 7.58. The first kappa shape index (κ1) is 17.7. The van der Waals surface area contributed by atoms with E-state index in [1.165, 1.54) is 12.1 Å². The number of hydrogen-bond donors (Lipinski definition) is 3. The number of carbonyl (C=O) groups excluding carboxylic acids is 1. The molecule has 0 aliphatic carbocycles. The van der Waals surface area contributed by atoms with Crippen LogP contribution in [0.5, 0.6) is 5.95 Å². The summed E-state index contributed by atoms with van der Waals surface area (Å²) in [5.41, 5.74) is 0. The molecule has 3 N–H and O–H groups in total. The lowest BCUT2D eigenvalue weighted by Gasteiger charge is -2.18. The van der Waals surface area contributed by atoms with Crippen LogP contribution in [0.3, 0.4) is 0 Å². The van der Waals surface area contributed by atoms with E-state index >= 15 is 0 Å². The van der Waals surface area contributed by atoms with E-state index in [9.17, 15) is 15.0 Å². The van der Waals surface area contributed by atoms with Gasteiger partial charge in [0.05, 0.1) is 13.2 Å². The molecule has 23 heavy (non-hydrogen) atoms. The molecule has 0 saturated carbocycles. The fraction of sp³-hybridized carbons (Fsp3) is 0.667. The van der Waals surface area contributed by atoms with Crippen molar-refractivity contribution in [3.05, 3.63) is 17.9 Å². The number of furan rings is 1. The summed E-state index contributed by atoms with van der Waals surface area (Å²) in [4.78, 5) is 11.9. The maximum absolute atomic E-state index is 11.9. The van der Waals surface area contributed by atoms with Gasteiger partial charge in [0.15, 0.2) is 12.2 Å². The average Bonchev–Trinajstić information content (AvgIpc) is 3.13. The predicted molar refractivity (Wildman–Crippen MR) is 76.7 cm³/mol. The molecule has 4 atom stereocenters. The van der Waals surface area contributed by atoms with E-state index in [4.69, 9.17) is 23.7 Å². The molecule has 130 valence electrons. The summed E-state index contributed by atoms with van der Waals surface area (Å²) in [5, 5.41) is 28.6. The molecule has 1 fully saturated rings. The second-order valence-electron chi connectivity index (χ2n) is 5.25. The molecule has 8 nitrogen and oxygen atoms in total. The van der Waals surface area contributed by atoms with Gasteiger partial charge < -0.3 is 33.9 Å². The third kappa shape index (κ3) is 4.23. The van der Waals surface area contributed by atoms with Crippen molar-refractivity contribution in [2.24, 2.45) is 0 Å². The van der Waals surface area contributed by atoms with Crippen LogP contribution < -0.4 is 4.74 Å². The molecular formula is C15H22O8. The molecule has 1 aliphatic rings. The smallest absolute Gasteiger partial charge is 0.338 e. The normalized spacial score (nSPS) is 27.1. The topological polar surface area (TPSA) is 119 Å². The average molecular weight is 330 g/mol. The summed E-state index contributed by atoms with van der Waals surface area (Å²) in [7, 11) is 0. The van der Waals surface area contributed by atoms with Crippen LogP contribution in [0.1, 0.15) is 25.5 Å². The van der Waals surface area contributed by atoms with E-state index in [1.54, 1.807) is 0 Å². The van der Waals surface area contributed by atoms with Gasteiger partial charge in [0, 0.05) is 6.07 Å². The van der Waals surface area contributed by atoms with Crippen LogP contribution in [0.4, 0.5) is 0 Å². The first-order valence-electron chi connectivity index (χ1n) is 7.58. The highest BCUT2D eigenvalue weighted by Crippen LogP contribution is 2.28. The van der Waals surface area contributed by atoms with E-state index < -0.39 is 37.0 Å². The number of rotatable bonds is 8. The molecular weight excluding hydrogens is 308 g/mol. The Kier molecular flexibility index (Phi) is 6.40. The van der Waals surface area contributed by atoms with E-state index in [-0.39, 0.29) is 19.2 Å². The van der Waals surface area contributed by atoms with E-state index in [2.05, 4.69) is 0 Å². The Hall–Kier alpha value is -1.61. The first-order chi connectivity index (χ1) is 11.1. The Morgan fingerprint density at radius 2 is 2.13 bits per heavy atom. The summed E-state index contributed by atoms with van der Waals surface area (Å²) in [6, 6.07) is 2.99. The fourth-order valence-electron chi connectivity index (χ4n) is 2.27. The summed E-state index contributed by atoms with van der Waals surface area (Å²) < 4.78 is 21.0. The SMILES string of the molecule is CCCCOC(=O)C1OC(CO)C(Oc2ccc(CO)o2)C1O. The van der Waals surface area contributed by atoms with Crippen molar-refractivity contribution in [1.29, 1.82) is 0 Å². The Bertz CT molecular complexity index is 499. The molecule has 0 aromatic carbocycles. The third-order valence-corrected chi connectivity index (χ3v) is 3.53. The molecule has 0 spiro atoms. The Morgan fingerprint density at radius 1 is 1.35 bits per heavy atom. The predicted octanol–water partition coefficient (Wildman–Crippen LogP) is -0.0168. The minimum Gasteiger partial charge on any atom is -0.464 e. The van der Waals surface area contributed by atoms with Crippen LogP contribution in [0.2, 0.25) is 0 Å². The zero-order chi connectivity index (χ0) is 16.8. The molecule has 2 heterocycles. The van der Waals surface area contributed by atoms with Crippen molar-refractivity contribution in [3.8, 4) is 5.95 Å². The summed E-state index contributed by atoms with van der Waals surface area (Å²) in [5.74, 6) is -0.337. The van der Waals surface area contributed by atoms with Gasteiger partial charge in [-0.1, -0.05) is 13.3 Å². The number of ether oxygens (including phenoxy) is 3. The van der Waals surface area contributed by atoms with Gasteiger partial charge in [-0.2, -0.15) is 0 Å². The van der Waals surface area contributed by atoms with E-state index in [0.29, 0.717) is 12.2 Å². The van der Waals surface area contributed by atoms with Crippen LogP contribution in [-0.4, -0.2) is 58.9 Å². The zero-order valence-electron chi connectivity index (χ0n) is 12.9. The van der Waals surface area contributed by atoms with Gasteiger partial charge in [-0.15, -0.1) is 0 Å². The molecule has 0 bridgehead atoms. The highest BCUT2D eigenvalue weighted by molar-refractivity contribution is 5.76. The minimum atomic E-state index is -1.30. The Labute approximate surface area is 133 Å². The van der Waals surface area contributed by atoms with Gasteiger partial charge in [0.25, 0.3) is 5.95 Å². The second-order valence-corrected chi connectivity index (χ2v) is 5.25. The van der Waals surface area contributed by atoms with Crippen LogP contribution >= 0.6 is 0 Å². The van der Waals surface area contributed by atoms with E-state index in [1.807, 2.05) is 6.92 Å². The summed E-state index contributed by atoms with van der Waals surface area (Å²) >= 11 is 0. The van der Waals surface area contributed by atoms with Crippen molar-refractivity contribution in [1.82, 2.24) is 0 Å². The maximum Gasteiger partial charge on any atom is 0.338 e. The fourth-order valence-corrected chi connectivity index (χ4v) is 2.27. The highest BCUT2D eigenvalue weighted by Gasteiger charge is 2.49. The quantitative estimate of drug-likeness (QED) is 0.450. The van der Waals surface area contributed by atoms with Gasteiger partial charge in [-0.05, 0) is 12.5 Å². The van der Waals surface area contributed by atoms with Crippen molar-refractivity contribution in [2.45, 2.75) is 50.8 Å². The second kappa shape index (κ2) is 8.30. The molecule has 1 aromatic heterocycles. The standard InChI is InChI=1S/C15H22O8/c1-2-3-6-20-15(19)14-12(18)13(10(8-17)22-14)23-11-5-4-9(7-16)21-11/h4-5,10,12-14,16-18H,2-3,6-8H2,1H3. The Balaban J connectivity index is 1.99. The summed E-state index contributed by atoms with van der Waals surface area (Å²) in [6.45, 7) is 1.48. The number of hydrogen-bond acceptors (Lipinski definition) is 8. The largest absolute Gasteiger partial charge is 0.464 e. The van der Waals surface area contributed by atoms with Crippen molar-refractivity contribution in [2.75, 3.05) is 13.2 Å². The molecule has 4 unspecified atom stereocenters. The van der Waals surface area contributed by atoms with Crippen molar-refractivity contribution in [3.63, 3.8) is 0 Å². The van der Waals surface area contributed by atoms with Gasteiger partial charge in [0.2, 0.25) is 0 Å². The molecule has 1 aromatic rings. The number of esters is 1. The molecule has 8 heteroatoms. The van der Waals surface area contributed by atoms with Crippen LogP contribution in [0.25, 0.3) is 0 Å². The van der Waals surface area contributed by atoms with Crippen LogP contribution in [0, 0.1) is 0 Å². The maximum atomic E-state index is 11.9. The van der Waals surface area contributed by atoms with Gasteiger partial charge >= 0.3 is 5.97 Å². The van der Waals surface area contributed by atoms with Gasteiger partial charge in [-0.25, -0.2) is 4.79 Å². The lowest BCUT2D eigenvalue weighted by Crippen LogP contribution is -2.41. The minimum absolute atomic E-state index is 0.0557. The number of unbranched alkanes of at least 4 members (excludes halogenated alkanes) is 1. The lowest BCUT2D eigenvalue weighted by atomic mass is 10.1. The number of aliphatic hydroxyl groups excluding tert-OH is 3. The summed E-state index contributed by atoms with van der Waals surface area (Å²) in [6.07, 6.45) is -2.81. The lowest BCUT2D eigenvalue weighted by molar-refractivity contribution is -0.160. The number of carbonyl (C=O) groups is 1. The van der Waals surface area contributed by atoms with Crippen LogP contribution in [-0.2, 0) is 20.9 Å². The highest BCUT2D eigenvalue weighted by atomic mass is 16.6. The molecule has 0 amide bonds.